The summed E-state index contributed by atoms with van der Waals surface area (Å²) in [6.45, 7) is 6.20. The van der Waals surface area contributed by atoms with E-state index in [1.54, 1.807) is 0 Å². The van der Waals surface area contributed by atoms with Crippen LogP contribution in [-0.4, -0.2) is 55.3 Å². The van der Waals surface area contributed by atoms with Crippen LogP contribution >= 0.6 is 11.8 Å². The van der Waals surface area contributed by atoms with Crippen LogP contribution in [-0.2, 0) is 0 Å². The number of piperazine rings is 1. The Bertz CT molecular complexity index is 307. The van der Waals surface area contributed by atoms with Crippen LogP contribution < -0.4 is 0 Å². The van der Waals surface area contributed by atoms with Gasteiger partial charge in [-0.15, -0.1) is 11.8 Å². The minimum atomic E-state index is 1.23. The van der Waals surface area contributed by atoms with Gasteiger partial charge in [0.25, 0.3) is 0 Å². The molecule has 0 bridgehead atoms. The van der Waals surface area contributed by atoms with Crippen molar-refractivity contribution >= 4 is 11.8 Å². The summed E-state index contributed by atoms with van der Waals surface area (Å²) < 4.78 is 0. The van der Waals surface area contributed by atoms with Gasteiger partial charge in [-0.2, -0.15) is 0 Å². The molecule has 0 aromatic heterocycles. The Morgan fingerprint density at radius 3 is 2.47 bits per heavy atom. The Hall–Kier alpha value is -0.510. The van der Waals surface area contributed by atoms with Crippen LogP contribution in [0.3, 0.4) is 0 Å². The Morgan fingerprint density at radius 2 is 1.76 bits per heavy atom. The molecule has 1 saturated heterocycles. The van der Waals surface area contributed by atoms with Crippen molar-refractivity contribution in [3.05, 3.63) is 30.3 Å². The van der Waals surface area contributed by atoms with Crippen molar-refractivity contribution in [3.8, 4) is 0 Å². The fourth-order valence-electron chi connectivity index (χ4n) is 2.07. The molecule has 1 aromatic rings. The molecule has 0 radical (unpaired) electrons. The summed E-state index contributed by atoms with van der Waals surface area (Å²) in [4.78, 5) is 6.40. The van der Waals surface area contributed by atoms with Crippen molar-refractivity contribution in [2.24, 2.45) is 0 Å². The molecular weight excluding hydrogens is 228 g/mol. The predicted molar refractivity (Wildman–Crippen MR) is 75.7 cm³/mol. The standard InChI is InChI=1S/C14H22N2S/c1-15-9-11-16(12-10-15)8-5-13-17-14-6-3-2-4-7-14/h2-4,6-7H,5,8-13H2,1H3. The third kappa shape index (κ3) is 4.70. The molecule has 1 fully saturated rings. The molecule has 0 N–H and O–H groups in total. The van der Waals surface area contributed by atoms with E-state index in [4.69, 9.17) is 0 Å². The van der Waals surface area contributed by atoms with E-state index >= 15 is 0 Å². The largest absolute Gasteiger partial charge is 0.304 e. The lowest BCUT2D eigenvalue weighted by Gasteiger charge is -2.32. The first-order chi connectivity index (χ1) is 8.34. The maximum absolute atomic E-state index is 2.59. The van der Waals surface area contributed by atoms with Crippen molar-refractivity contribution in [2.75, 3.05) is 45.5 Å². The highest BCUT2D eigenvalue weighted by molar-refractivity contribution is 7.99. The average Bonchev–Trinajstić information content (AvgIpc) is 2.38. The van der Waals surface area contributed by atoms with Crippen molar-refractivity contribution in [1.82, 2.24) is 9.80 Å². The first-order valence-corrected chi connectivity index (χ1v) is 7.42. The second-order valence-electron chi connectivity index (χ2n) is 4.66. The number of thioether (sulfide) groups is 1. The van der Waals surface area contributed by atoms with Gasteiger partial charge in [-0.1, -0.05) is 18.2 Å². The van der Waals surface area contributed by atoms with Crippen molar-refractivity contribution < 1.29 is 0 Å². The minimum Gasteiger partial charge on any atom is -0.304 e. The van der Waals surface area contributed by atoms with Gasteiger partial charge in [0.05, 0.1) is 0 Å². The van der Waals surface area contributed by atoms with Crippen LogP contribution in [0.15, 0.2) is 35.2 Å². The molecule has 0 spiro atoms. The quantitative estimate of drug-likeness (QED) is 0.585. The fourth-order valence-corrected chi connectivity index (χ4v) is 2.93. The van der Waals surface area contributed by atoms with Crippen LogP contribution in [0.4, 0.5) is 0 Å². The predicted octanol–water partition coefficient (Wildman–Crippen LogP) is 2.42. The molecule has 1 aromatic carbocycles. The lowest BCUT2D eigenvalue weighted by molar-refractivity contribution is 0.154. The first kappa shape index (κ1) is 12.9. The van der Waals surface area contributed by atoms with E-state index in [1.165, 1.54) is 49.8 Å². The van der Waals surface area contributed by atoms with Gasteiger partial charge in [0.2, 0.25) is 0 Å². The Labute approximate surface area is 109 Å². The van der Waals surface area contributed by atoms with Crippen molar-refractivity contribution in [2.45, 2.75) is 11.3 Å². The molecule has 0 unspecified atom stereocenters. The number of hydrogen-bond donors (Lipinski definition) is 0. The van der Waals surface area contributed by atoms with Crippen LogP contribution in [0.25, 0.3) is 0 Å². The highest BCUT2D eigenvalue weighted by atomic mass is 32.2. The van der Waals surface area contributed by atoms with Gasteiger partial charge < -0.3 is 9.80 Å². The molecule has 0 aliphatic carbocycles. The molecule has 1 aliphatic rings. The topological polar surface area (TPSA) is 6.48 Å². The van der Waals surface area contributed by atoms with Crippen LogP contribution in [0, 0.1) is 0 Å². The maximum Gasteiger partial charge on any atom is 0.0110 e. The molecule has 0 amide bonds. The highest BCUT2D eigenvalue weighted by Gasteiger charge is 2.12. The zero-order valence-corrected chi connectivity index (χ0v) is 11.5. The van der Waals surface area contributed by atoms with Crippen molar-refractivity contribution in [1.29, 1.82) is 0 Å². The average molecular weight is 250 g/mol. The van der Waals surface area contributed by atoms with Crippen LogP contribution in [0.5, 0.6) is 0 Å². The summed E-state index contributed by atoms with van der Waals surface area (Å²) in [5.41, 5.74) is 0. The molecule has 94 valence electrons. The SMILES string of the molecule is CN1CCN(CCCSc2ccccc2)CC1. The van der Waals surface area contributed by atoms with E-state index in [0.717, 1.165) is 0 Å². The Kier molecular flexibility index (Phi) is 5.36. The normalized spacial score (nSPS) is 18.4. The monoisotopic (exact) mass is 250 g/mol. The zero-order valence-electron chi connectivity index (χ0n) is 10.6. The summed E-state index contributed by atoms with van der Waals surface area (Å²) in [7, 11) is 2.21. The molecule has 0 saturated carbocycles. The molecule has 3 heteroatoms. The number of likely N-dealkylation sites (N-methyl/N-ethyl adjacent to an activating group) is 1. The van der Waals surface area contributed by atoms with Crippen LogP contribution in [0.1, 0.15) is 6.42 Å². The highest BCUT2D eigenvalue weighted by Crippen LogP contribution is 2.17. The Morgan fingerprint density at radius 1 is 1.06 bits per heavy atom. The smallest absolute Gasteiger partial charge is 0.0110 e. The summed E-state index contributed by atoms with van der Waals surface area (Å²) in [5.74, 6) is 1.23. The summed E-state index contributed by atoms with van der Waals surface area (Å²) in [6, 6.07) is 10.7. The van der Waals surface area contributed by atoms with E-state index in [0.29, 0.717) is 0 Å². The van der Waals surface area contributed by atoms with E-state index in [9.17, 15) is 0 Å². The van der Waals surface area contributed by atoms with E-state index in [1.807, 2.05) is 11.8 Å². The summed E-state index contributed by atoms with van der Waals surface area (Å²) in [5, 5.41) is 0. The van der Waals surface area contributed by atoms with E-state index < -0.39 is 0 Å². The maximum atomic E-state index is 2.59. The van der Waals surface area contributed by atoms with E-state index in [2.05, 4.69) is 47.2 Å². The molecule has 0 atom stereocenters. The second kappa shape index (κ2) is 7.04. The number of rotatable bonds is 5. The third-order valence-corrected chi connectivity index (χ3v) is 4.32. The fraction of sp³-hybridized carbons (Fsp3) is 0.571. The number of hydrogen-bond acceptors (Lipinski definition) is 3. The summed E-state index contributed by atoms with van der Waals surface area (Å²) >= 11 is 1.97. The minimum absolute atomic E-state index is 1.23. The lowest BCUT2D eigenvalue weighted by atomic mass is 10.3. The lowest BCUT2D eigenvalue weighted by Crippen LogP contribution is -2.44. The van der Waals surface area contributed by atoms with Gasteiger partial charge in [0, 0.05) is 31.1 Å². The zero-order chi connectivity index (χ0) is 11.9. The second-order valence-corrected chi connectivity index (χ2v) is 5.83. The number of benzene rings is 1. The Balaban J connectivity index is 1.57. The van der Waals surface area contributed by atoms with Gasteiger partial charge >= 0.3 is 0 Å². The van der Waals surface area contributed by atoms with Gasteiger partial charge in [0.15, 0.2) is 0 Å². The molecule has 1 heterocycles. The van der Waals surface area contributed by atoms with Gasteiger partial charge in [-0.05, 0) is 37.9 Å². The molecule has 1 aliphatic heterocycles. The van der Waals surface area contributed by atoms with Gasteiger partial charge in [-0.25, -0.2) is 0 Å². The molecule has 2 rings (SSSR count). The van der Waals surface area contributed by atoms with Crippen LogP contribution in [0.2, 0.25) is 0 Å². The first-order valence-electron chi connectivity index (χ1n) is 6.43. The van der Waals surface area contributed by atoms with Crippen molar-refractivity contribution in [3.63, 3.8) is 0 Å². The third-order valence-electron chi connectivity index (χ3n) is 3.23. The van der Waals surface area contributed by atoms with Gasteiger partial charge in [-0.3, -0.25) is 0 Å². The van der Waals surface area contributed by atoms with E-state index in [-0.39, 0.29) is 0 Å². The molecule has 2 nitrogen and oxygen atoms in total. The van der Waals surface area contributed by atoms with Gasteiger partial charge in [0.1, 0.15) is 0 Å². The summed E-state index contributed by atoms with van der Waals surface area (Å²) in [6.07, 6.45) is 1.29. The number of nitrogens with zero attached hydrogens (tertiary/aromatic N) is 2. The molecular formula is C14H22N2S. The molecule has 17 heavy (non-hydrogen) atoms.